The van der Waals surface area contributed by atoms with E-state index in [1.165, 1.54) is 0 Å². The Morgan fingerprint density at radius 3 is 2.55 bits per heavy atom. The fraction of sp³-hybridized carbons (Fsp3) is 0. The molecule has 0 aliphatic carbocycles. The van der Waals surface area contributed by atoms with Crippen LogP contribution in [0.4, 0.5) is 11.4 Å². The first kappa shape index (κ1) is 6.55. The number of rotatable bonds is 0. The maximum Gasteiger partial charge on any atom is 0.0634 e. The first-order valence-electron chi connectivity index (χ1n) is 3.34. The zero-order valence-electron chi connectivity index (χ0n) is 5.76. The molecule has 0 fully saturated rings. The van der Waals surface area contributed by atoms with Crippen molar-refractivity contribution in [3.8, 4) is 0 Å². The van der Waals surface area contributed by atoms with Crippen molar-refractivity contribution in [2.24, 2.45) is 0 Å². The van der Waals surface area contributed by atoms with Crippen LogP contribution in [0.3, 0.4) is 0 Å². The number of hydrogen-bond donors (Lipinski definition) is 2. The monoisotopic (exact) mass is 166 g/mol. The summed E-state index contributed by atoms with van der Waals surface area (Å²) >= 11 is 5.78. The van der Waals surface area contributed by atoms with Gasteiger partial charge in [0.15, 0.2) is 0 Å². The molecule has 1 heterocycles. The van der Waals surface area contributed by atoms with Crippen molar-refractivity contribution in [1.29, 1.82) is 0 Å². The summed E-state index contributed by atoms with van der Waals surface area (Å²) < 4.78 is 0. The molecule has 56 valence electrons. The molecule has 0 saturated carbocycles. The van der Waals surface area contributed by atoms with Crippen molar-refractivity contribution in [2.75, 3.05) is 10.6 Å². The Morgan fingerprint density at radius 2 is 1.73 bits per heavy atom. The standard InChI is InChI=1S/C8H7ClN2/c9-6-1-2-7-8(5-6)11-4-3-10-7/h1-5,10-11H. The van der Waals surface area contributed by atoms with E-state index < -0.39 is 0 Å². The molecule has 0 unspecified atom stereocenters. The second-order valence-corrected chi connectivity index (χ2v) is 2.75. The predicted octanol–water partition coefficient (Wildman–Crippen LogP) is 2.65. The molecule has 0 bridgehead atoms. The van der Waals surface area contributed by atoms with Gasteiger partial charge >= 0.3 is 0 Å². The van der Waals surface area contributed by atoms with Gasteiger partial charge in [0.1, 0.15) is 0 Å². The topological polar surface area (TPSA) is 24.1 Å². The highest BCUT2D eigenvalue weighted by Gasteiger charge is 2.02. The van der Waals surface area contributed by atoms with Gasteiger partial charge in [-0.2, -0.15) is 0 Å². The van der Waals surface area contributed by atoms with Crippen LogP contribution in [0, 0.1) is 0 Å². The Hall–Kier alpha value is -1.15. The fourth-order valence-corrected chi connectivity index (χ4v) is 1.20. The Kier molecular flexibility index (Phi) is 1.47. The molecule has 2 rings (SSSR count). The van der Waals surface area contributed by atoms with Gasteiger partial charge in [0.25, 0.3) is 0 Å². The molecular weight excluding hydrogens is 160 g/mol. The number of hydrogen-bond acceptors (Lipinski definition) is 2. The first-order chi connectivity index (χ1) is 5.36. The maximum atomic E-state index is 5.78. The van der Waals surface area contributed by atoms with E-state index in [9.17, 15) is 0 Å². The quantitative estimate of drug-likeness (QED) is 0.619. The van der Waals surface area contributed by atoms with Crippen LogP contribution in [0.25, 0.3) is 0 Å². The molecule has 1 aromatic rings. The molecule has 2 N–H and O–H groups in total. The van der Waals surface area contributed by atoms with E-state index >= 15 is 0 Å². The van der Waals surface area contributed by atoms with Crippen molar-refractivity contribution < 1.29 is 0 Å². The van der Waals surface area contributed by atoms with Crippen molar-refractivity contribution >= 4 is 23.0 Å². The summed E-state index contributed by atoms with van der Waals surface area (Å²) in [5.74, 6) is 0. The molecule has 0 radical (unpaired) electrons. The van der Waals surface area contributed by atoms with Crippen LogP contribution >= 0.6 is 11.6 Å². The van der Waals surface area contributed by atoms with Crippen LogP contribution in [0.15, 0.2) is 30.6 Å². The lowest BCUT2D eigenvalue weighted by Gasteiger charge is -2.13. The SMILES string of the molecule is Clc1ccc2c(c1)NC=CN2. The van der Waals surface area contributed by atoms with E-state index in [1.54, 1.807) is 0 Å². The molecule has 0 spiro atoms. The van der Waals surface area contributed by atoms with Gasteiger partial charge in [-0.1, -0.05) is 11.6 Å². The molecule has 1 aromatic carbocycles. The Balaban J connectivity index is 2.48. The van der Waals surface area contributed by atoms with E-state index in [-0.39, 0.29) is 0 Å². The summed E-state index contributed by atoms with van der Waals surface area (Å²) in [5.41, 5.74) is 2.07. The lowest BCUT2D eigenvalue weighted by molar-refractivity contribution is 1.46. The molecule has 2 nitrogen and oxygen atoms in total. The lowest BCUT2D eigenvalue weighted by Crippen LogP contribution is -2.01. The van der Waals surface area contributed by atoms with Crippen LogP contribution in [-0.2, 0) is 0 Å². The van der Waals surface area contributed by atoms with Crippen LogP contribution in [0.1, 0.15) is 0 Å². The van der Waals surface area contributed by atoms with Gasteiger partial charge in [-0.15, -0.1) is 0 Å². The van der Waals surface area contributed by atoms with E-state index in [0.717, 1.165) is 16.4 Å². The maximum absolute atomic E-state index is 5.78. The molecule has 0 amide bonds. The summed E-state index contributed by atoms with van der Waals surface area (Å²) in [6.07, 6.45) is 3.68. The molecule has 11 heavy (non-hydrogen) atoms. The van der Waals surface area contributed by atoms with Gasteiger partial charge in [0, 0.05) is 17.4 Å². The number of fused-ring (bicyclic) bond motifs is 1. The lowest BCUT2D eigenvalue weighted by atomic mass is 10.2. The number of benzene rings is 1. The zero-order chi connectivity index (χ0) is 7.68. The van der Waals surface area contributed by atoms with Gasteiger partial charge in [-0.25, -0.2) is 0 Å². The van der Waals surface area contributed by atoms with E-state index in [1.807, 2.05) is 30.6 Å². The van der Waals surface area contributed by atoms with Crippen LogP contribution in [0.2, 0.25) is 5.02 Å². The van der Waals surface area contributed by atoms with Crippen molar-refractivity contribution in [3.05, 3.63) is 35.6 Å². The summed E-state index contributed by atoms with van der Waals surface area (Å²) in [5, 5.41) is 6.91. The number of nitrogens with one attached hydrogen (secondary N) is 2. The summed E-state index contributed by atoms with van der Waals surface area (Å²) in [6.45, 7) is 0. The number of anilines is 2. The van der Waals surface area contributed by atoms with Gasteiger partial charge in [-0.3, -0.25) is 0 Å². The van der Waals surface area contributed by atoms with Crippen molar-refractivity contribution in [3.63, 3.8) is 0 Å². The highest BCUT2D eigenvalue weighted by Crippen LogP contribution is 2.27. The van der Waals surface area contributed by atoms with E-state index in [4.69, 9.17) is 11.6 Å². The number of halogens is 1. The molecule has 1 aliphatic rings. The van der Waals surface area contributed by atoms with Gasteiger partial charge in [0.2, 0.25) is 0 Å². The Labute approximate surface area is 69.9 Å². The summed E-state index contributed by atoms with van der Waals surface area (Å²) in [6, 6.07) is 5.68. The van der Waals surface area contributed by atoms with Gasteiger partial charge in [0.05, 0.1) is 11.4 Å². The second-order valence-electron chi connectivity index (χ2n) is 2.31. The summed E-state index contributed by atoms with van der Waals surface area (Å²) in [4.78, 5) is 0. The summed E-state index contributed by atoms with van der Waals surface area (Å²) in [7, 11) is 0. The highest BCUT2D eigenvalue weighted by molar-refractivity contribution is 6.31. The minimum Gasteiger partial charge on any atom is -0.359 e. The third kappa shape index (κ3) is 1.17. The molecule has 0 aromatic heterocycles. The Bertz CT molecular complexity index is 307. The Morgan fingerprint density at radius 1 is 1.00 bits per heavy atom. The largest absolute Gasteiger partial charge is 0.359 e. The smallest absolute Gasteiger partial charge is 0.0634 e. The minimum atomic E-state index is 0.744. The zero-order valence-corrected chi connectivity index (χ0v) is 6.52. The predicted molar refractivity (Wildman–Crippen MR) is 47.8 cm³/mol. The van der Waals surface area contributed by atoms with E-state index in [0.29, 0.717) is 0 Å². The molecule has 0 saturated heterocycles. The molecule has 0 atom stereocenters. The van der Waals surface area contributed by atoms with Crippen molar-refractivity contribution in [2.45, 2.75) is 0 Å². The third-order valence-electron chi connectivity index (χ3n) is 1.54. The molecule has 1 aliphatic heterocycles. The second kappa shape index (κ2) is 2.47. The molecule has 3 heteroatoms. The average molecular weight is 167 g/mol. The van der Waals surface area contributed by atoms with Gasteiger partial charge in [-0.05, 0) is 18.2 Å². The average Bonchev–Trinajstić information content (AvgIpc) is 2.04. The van der Waals surface area contributed by atoms with Crippen LogP contribution in [0.5, 0.6) is 0 Å². The highest BCUT2D eigenvalue weighted by atomic mass is 35.5. The van der Waals surface area contributed by atoms with Crippen molar-refractivity contribution in [1.82, 2.24) is 0 Å². The minimum absolute atomic E-state index is 0.744. The third-order valence-corrected chi connectivity index (χ3v) is 1.78. The molecular formula is C8H7ClN2. The van der Waals surface area contributed by atoms with Crippen LogP contribution in [-0.4, -0.2) is 0 Å². The first-order valence-corrected chi connectivity index (χ1v) is 3.72. The normalized spacial score (nSPS) is 13.2. The van der Waals surface area contributed by atoms with Gasteiger partial charge < -0.3 is 10.6 Å². The fourth-order valence-electron chi connectivity index (χ4n) is 1.02. The van der Waals surface area contributed by atoms with Crippen LogP contribution < -0.4 is 10.6 Å². The van der Waals surface area contributed by atoms with E-state index in [2.05, 4.69) is 10.6 Å².